The molecule has 0 spiro atoms. The average Bonchev–Trinajstić information content (AvgIpc) is 1.61. The Labute approximate surface area is 80.0 Å². The average molecular weight is 212 g/mol. The van der Waals surface area contributed by atoms with E-state index in [1.54, 1.807) is 0 Å². The van der Waals surface area contributed by atoms with Crippen molar-refractivity contribution in [3.8, 4) is 0 Å². The molecule has 0 aromatic rings. The van der Waals surface area contributed by atoms with Crippen molar-refractivity contribution in [3.63, 3.8) is 0 Å². The van der Waals surface area contributed by atoms with Crippen molar-refractivity contribution in [1.29, 1.82) is 0 Å². The first-order chi connectivity index (χ1) is 2.91. The van der Waals surface area contributed by atoms with Crippen LogP contribution in [0.15, 0.2) is 0 Å². The van der Waals surface area contributed by atoms with Crippen molar-refractivity contribution in [2.45, 2.75) is 19.8 Å². The van der Waals surface area contributed by atoms with Gasteiger partial charge in [0.05, 0.1) is 6.61 Å². The molecular weight excluding hydrogens is 202 g/mol. The van der Waals surface area contributed by atoms with E-state index in [0.29, 0.717) is 6.61 Å². The molecule has 0 aliphatic carbocycles. The summed E-state index contributed by atoms with van der Waals surface area (Å²) in [5.41, 5.74) is 0. The van der Waals surface area contributed by atoms with Gasteiger partial charge in [-0.2, -0.15) is 0 Å². The minimum Gasteiger partial charge on any atom is -1.00 e. The fraction of sp³-hybridized carbons (Fsp3) is 1.00. The Bertz CT molecular complexity index is 28.5. The largest absolute Gasteiger partial charge is 2.00 e. The summed E-state index contributed by atoms with van der Waals surface area (Å²) in [5, 5.41) is 7.70. The Balaban J connectivity index is -0.0000000417. The van der Waals surface area contributed by atoms with E-state index in [2.05, 4.69) is 4.89 Å². The van der Waals surface area contributed by atoms with E-state index < -0.39 is 0 Å². The number of rotatable bonds is 3. The fourth-order valence-electron chi connectivity index (χ4n) is 0.209. The molecule has 0 aromatic carbocycles. The van der Waals surface area contributed by atoms with Crippen LogP contribution in [0.4, 0.5) is 0 Å². The van der Waals surface area contributed by atoms with Crippen LogP contribution in [0.3, 0.4) is 0 Å². The second-order valence-electron chi connectivity index (χ2n) is 1.19. The smallest absolute Gasteiger partial charge is 1.00 e. The third-order valence-electron chi connectivity index (χ3n) is 0.589. The van der Waals surface area contributed by atoms with Crippen LogP contribution >= 0.6 is 0 Å². The number of unbranched alkanes of at least 4 members (excludes halogenated alkanes) is 1. The van der Waals surface area contributed by atoms with Crippen LogP contribution in [-0.2, 0) is 23.4 Å². The maximum Gasteiger partial charge on any atom is 2.00 e. The van der Waals surface area contributed by atoms with E-state index in [4.69, 9.17) is 5.26 Å². The molecule has 0 aromatic heterocycles. The molecule has 0 aliphatic rings. The van der Waals surface area contributed by atoms with E-state index in [1.165, 1.54) is 0 Å². The summed E-state index contributed by atoms with van der Waals surface area (Å²) >= 11 is 0. The van der Waals surface area contributed by atoms with Gasteiger partial charge in [0.2, 0.25) is 0 Å². The molecule has 0 aliphatic heterocycles. The SMILES string of the molecule is CCCCOO.[Cl-].[Cl-].[V+2]. The van der Waals surface area contributed by atoms with Gasteiger partial charge in [0.1, 0.15) is 0 Å². The molecule has 0 saturated carbocycles. The van der Waals surface area contributed by atoms with Crippen LogP contribution in [0.2, 0.25) is 0 Å². The molecule has 2 nitrogen and oxygen atoms in total. The summed E-state index contributed by atoms with van der Waals surface area (Å²) in [5.74, 6) is 0. The van der Waals surface area contributed by atoms with Crippen LogP contribution in [0.1, 0.15) is 19.8 Å². The quantitative estimate of drug-likeness (QED) is 0.289. The van der Waals surface area contributed by atoms with Crippen LogP contribution < -0.4 is 24.8 Å². The van der Waals surface area contributed by atoms with Crippen molar-refractivity contribution in [2.75, 3.05) is 6.61 Å². The van der Waals surface area contributed by atoms with Gasteiger partial charge < -0.3 is 24.8 Å². The monoisotopic (exact) mass is 211 g/mol. The fourth-order valence-corrected chi connectivity index (χ4v) is 0.209. The van der Waals surface area contributed by atoms with Gasteiger partial charge in [-0.15, -0.1) is 0 Å². The molecule has 0 fully saturated rings. The summed E-state index contributed by atoms with van der Waals surface area (Å²) in [6.45, 7) is 2.51. The minimum atomic E-state index is 0. The van der Waals surface area contributed by atoms with E-state index >= 15 is 0 Å². The van der Waals surface area contributed by atoms with E-state index in [-0.39, 0.29) is 43.4 Å². The molecule has 0 bridgehead atoms. The molecule has 0 saturated heterocycles. The first-order valence-electron chi connectivity index (χ1n) is 2.18. The summed E-state index contributed by atoms with van der Waals surface area (Å²) in [6.07, 6.45) is 2.01. The molecule has 57 valence electrons. The zero-order valence-electron chi connectivity index (χ0n) is 5.18. The van der Waals surface area contributed by atoms with Gasteiger partial charge in [-0.3, -0.25) is 5.26 Å². The number of hydrogen-bond acceptors (Lipinski definition) is 2. The molecular formula is C4H10Cl2O2V. The van der Waals surface area contributed by atoms with Gasteiger partial charge in [0.15, 0.2) is 0 Å². The zero-order valence-corrected chi connectivity index (χ0v) is 8.09. The predicted molar refractivity (Wildman–Crippen MR) is 23.5 cm³/mol. The molecule has 5 heteroatoms. The van der Waals surface area contributed by atoms with Gasteiger partial charge in [-0.05, 0) is 6.42 Å². The van der Waals surface area contributed by atoms with Gasteiger partial charge in [0, 0.05) is 0 Å². The van der Waals surface area contributed by atoms with Gasteiger partial charge >= 0.3 is 18.6 Å². The molecule has 1 N–H and O–H groups in total. The number of hydrogen-bond donors (Lipinski definition) is 1. The molecule has 0 rings (SSSR count). The van der Waals surface area contributed by atoms with Gasteiger partial charge in [0.25, 0.3) is 0 Å². The van der Waals surface area contributed by atoms with Crippen molar-refractivity contribution in [3.05, 3.63) is 0 Å². The normalized spacial score (nSPS) is 6.00. The van der Waals surface area contributed by atoms with Crippen LogP contribution in [0.5, 0.6) is 0 Å². The van der Waals surface area contributed by atoms with Gasteiger partial charge in [-0.25, -0.2) is 4.89 Å². The second-order valence-corrected chi connectivity index (χ2v) is 1.19. The minimum absolute atomic E-state index is 0. The summed E-state index contributed by atoms with van der Waals surface area (Å²) in [6, 6.07) is 0. The predicted octanol–water partition coefficient (Wildman–Crippen LogP) is -4.72. The van der Waals surface area contributed by atoms with E-state index in [0.717, 1.165) is 12.8 Å². The Morgan fingerprint density at radius 1 is 1.33 bits per heavy atom. The molecule has 0 atom stereocenters. The number of halogens is 2. The first-order valence-corrected chi connectivity index (χ1v) is 2.18. The maximum absolute atomic E-state index is 7.70. The molecule has 1 radical (unpaired) electrons. The van der Waals surface area contributed by atoms with Crippen molar-refractivity contribution in [2.24, 2.45) is 0 Å². The van der Waals surface area contributed by atoms with Crippen molar-refractivity contribution in [1.82, 2.24) is 0 Å². The van der Waals surface area contributed by atoms with E-state index in [1.807, 2.05) is 6.92 Å². The molecule has 0 heterocycles. The molecule has 0 amide bonds. The summed E-state index contributed by atoms with van der Waals surface area (Å²) in [4.78, 5) is 3.78. The Morgan fingerprint density at radius 3 is 1.89 bits per heavy atom. The van der Waals surface area contributed by atoms with Crippen molar-refractivity contribution >= 4 is 0 Å². The molecule has 0 unspecified atom stereocenters. The van der Waals surface area contributed by atoms with Crippen LogP contribution in [0.25, 0.3) is 0 Å². The second kappa shape index (κ2) is 23.0. The van der Waals surface area contributed by atoms with Crippen LogP contribution in [-0.4, -0.2) is 11.9 Å². The summed E-state index contributed by atoms with van der Waals surface area (Å²) < 4.78 is 0. The zero-order chi connectivity index (χ0) is 4.83. The Kier molecular flexibility index (Phi) is 57.4. The maximum atomic E-state index is 7.70. The van der Waals surface area contributed by atoms with E-state index in [9.17, 15) is 0 Å². The van der Waals surface area contributed by atoms with Crippen molar-refractivity contribution < 1.29 is 53.5 Å². The van der Waals surface area contributed by atoms with Crippen LogP contribution in [0, 0.1) is 0 Å². The standard InChI is InChI=1S/C4H10O2.2ClH.V/c1-2-3-4-6-5;;;/h5H,2-4H2,1H3;2*1H;/q;;;+2/p-2. The molecule has 9 heavy (non-hydrogen) atoms. The Hall–Kier alpha value is 1.08. The topological polar surface area (TPSA) is 29.5 Å². The van der Waals surface area contributed by atoms with Gasteiger partial charge in [-0.1, -0.05) is 13.3 Å². The Morgan fingerprint density at radius 2 is 1.78 bits per heavy atom. The third kappa shape index (κ3) is 27.3. The summed E-state index contributed by atoms with van der Waals surface area (Å²) in [7, 11) is 0. The first kappa shape index (κ1) is 22.5. The third-order valence-corrected chi connectivity index (χ3v) is 0.589.